The molecule has 0 N–H and O–H groups in total. The fourth-order valence-corrected chi connectivity index (χ4v) is 3.98. The number of amides is 1. The van der Waals surface area contributed by atoms with E-state index in [0.717, 1.165) is 21.3 Å². The van der Waals surface area contributed by atoms with Gasteiger partial charge in [-0.2, -0.15) is 0 Å². The molecule has 1 amide bonds. The van der Waals surface area contributed by atoms with Gasteiger partial charge in [0, 0.05) is 11.1 Å². The molecule has 27 heavy (non-hydrogen) atoms. The van der Waals surface area contributed by atoms with Crippen molar-refractivity contribution in [3.63, 3.8) is 0 Å². The zero-order chi connectivity index (χ0) is 19.0. The van der Waals surface area contributed by atoms with Gasteiger partial charge in [-0.3, -0.25) is 9.69 Å². The second-order valence-corrected chi connectivity index (χ2v) is 7.63. The van der Waals surface area contributed by atoms with Crippen LogP contribution >= 0.6 is 22.9 Å². The molecule has 2 aromatic heterocycles. The Kier molecular flexibility index (Phi) is 4.68. The van der Waals surface area contributed by atoms with Gasteiger partial charge in [0.25, 0.3) is 5.91 Å². The topological polar surface area (TPSA) is 59.2 Å². The predicted octanol–water partition coefficient (Wildman–Crippen LogP) is 5.40. The monoisotopic (exact) mass is 397 g/mol. The van der Waals surface area contributed by atoms with E-state index in [2.05, 4.69) is 5.16 Å². The number of rotatable bonds is 4. The Hall–Kier alpha value is -2.70. The minimum Gasteiger partial charge on any atom is -0.361 e. The van der Waals surface area contributed by atoms with Crippen LogP contribution in [0.3, 0.4) is 0 Å². The highest BCUT2D eigenvalue weighted by molar-refractivity contribution is 7.22. The molecular weight excluding hydrogens is 382 g/mol. The highest BCUT2D eigenvalue weighted by Crippen LogP contribution is 2.34. The second-order valence-electron chi connectivity index (χ2n) is 6.22. The highest BCUT2D eigenvalue weighted by Gasteiger charge is 2.24. The van der Waals surface area contributed by atoms with E-state index in [0.29, 0.717) is 22.5 Å². The summed E-state index contributed by atoms with van der Waals surface area (Å²) in [5.74, 6) is 0.337. The molecule has 0 atom stereocenters. The molecule has 0 radical (unpaired) electrons. The summed E-state index contributed by atoms with van der Waals surface area (Å²) < 4.78 is 6.06. The number of carbonyl (C=O) groups is 1. The van der Waals surface area contributed by atoms with Crippen LogP contribution in [0.5, 0.6) is 0 Å². The zero-order valence-electron chi connectivity index (χ0n) is 14.8. The SMILES string of the molecule is Cc1cc(C(=O)N(Cc2ccccc2)c2nc3c(C)c(Cl)ccc3s2)no1. The van der Waals surface area contributed by atoms with Gasteiger partial charge < -0.3 is 4.52 Å². The van der Waals surface area contributed by atoms with Gasteiger partial charge >= 0.3 is 0 Å². The van der Waals surface area contributed by atoms with Gasteiger partial charge in [-0.15, -0.1) is 0 Å². The lowest BCUT2D eigenvalue weighted by Crippen LogP contribution is -2.30. The Balaban J connectivity index is 1.79. The fraction of sp³-hybridized carbons (Fsp3) is 0.150. The van der Waals surface area contributed by atoms with Gasteiger partial charge in [0.2, 0.25) is 0 Å². The number of fused-ring (bicyclic) bond motifs is 1. The van der Waals surface area contributed by atoms with Crippen LogP contribution in [0.4, 0.5) is 5.13 Å². The summed E-state index contributed by atoms with van der Waals surface area (Å²) in [6.45, 7) is 4.07. The van der Waals surface area contributed by atoms with Crippen LogP contribution < -0.4 is 4.90 Å². The molecule has 7 heteroatoms. The lowest BCUT2D eigenvalue weighted by molar-refractivity contribution is 0.0976. The molecule has 0 saturated carbocycles. The summed E-state index contributed by atoms with van der Waals surface area (Å²) in [7, 11) is 0. The number of carbonyl (C=O) groups excluding carboxylic acids is 1. The van der Waals surface area contributed by atoms with E-state index in [9.17, 15) is 4.79 Å². The van der Waals surface area contributed by atoms with E-state index in [-0.39, 0.29) is 11.6 Å². The molecule has 0 bridgehead atoms. The van der Waals surface area contributed by atoms with E-state index in [1.807, 2.05) is 49.4 Å². The van der Waals surface area contributed by atoms with Crippen molar-refractivity contribution >= 4 is 44.2 Å². The third kappa shape index (κ3) is 3.46. The Morgan fingerprint density at radius 2 is 1.96 bits per heavy atom. The first-order valence-electron chi connectivity index (χ1n) is 8.37. The number of anilines is 1. The first kappa shape index (κ1) is 17.7. The summed E-state index contributed by atoms with van der Waals surface area (Å²) in [6.07, 6.45) is 0. The van der Waals surface area contributed by atoms with Gasteiger partial charge in [-0.1, -0.05) is 58.4 Å². The van der Waals surface area contributed by atoms with Crippen molar-refractivity contribution in [1.29, 1.82) is 0 Å². The smallest absolute Gasteiger partial charge is 0.282 e. The number of aromatic nitrogens is 2. The minimum atomic E-state index is -0.251. The van der Waals surface area contributed by atoms with Crippen molar-refractivity contribution in [1.82, 2.24) is 10.1 Å². The Bertz CT molecular complexity index is 1120. The summed E-state index contributed by atoms with van der Waals surface area (Å²) >= 11 is 7.68. The van der Waals surface area contributed by atoms with Crippen LogP contribution in [0, 0.1) is 13.8 Å². The normalized spacial score (nSPS) is 11.1. The van der Waals surface area contributed by atoms with E-state index in [1.54, 1.807) is 17.9 Å². The molecule has 4 rings (SSSR count). The lowest BCUT2D eigenvalue weighted by atomic mass is 10.2. The highest BCUT2D eigenvalue weighted by atomic mass is 35.5. The van der Waals surface area contributed by atoms with E-state index in [1.165, 1.54) is 11.3 Å². The number of hydrogen-bond donors (Lipinski definition) is 0. The first-order valence-corrected chi connectivity index (χ1v) is 9.57. The van der Waals surface area contributed by atoms with Crippen molar-refractivity contribution in [2.24, 2.45) is 0 Å². The van der Waals surface area contributed by atoms with Gasteiger partial charge in [-0.05, 0) is 37.1 Å². The van der Waals surface area contributed by atoms with Crippen LogP contribution in [0.1, 0.15) is 27.4 Å². The molecule has 2 aromatic carbocycles. The van der Waals surface area contributed by atoms with E-state index in [4.69, 9.17) is 21.1 Å². The van der Waals surface area contributed by atoms with Crippen LogP contribution in [0.2, 0.25) is 5.02 Å². The van der Waals surface area contributed by atoms with Crippen molar-refractivity contribution in [3.8, 4) is 0 Å². The molecule has 0 unspecified atom stereocenters. The first-order chi connectivity index (χ1) is 13.0. The van der Waals surface area contributed by atoms with Gasteiger partial charge in [0.05, 0.1) is 16.8 Å². The average Bonchev–Trinajstić information content (AvgIpc) is 3.30. The van der Waals surface area contributed by atoms with Crippen LogP contribution in [0.25, 0.3) is 10.2 Å². The maximum Gasteiger partial charge on any atom is 0.282 e. The molecule has 4 aromatic rings. The zero-order valence-corrected chi connectivity index (χ0v) is 16.3. The third-order valence-electron chi connectivity index (χ3n) is 4.24. The predicted molar refractivity (Wildman–Crippen MR) is 108 cm³/mol. The van der Waals surface area contributed by atoms with Crippen molar-refractivity contribution < 1.29 is 9.32 Å². The number of thiazole rings is 1. The number of nitrogens with zero attached hydrogens (tertiary/aromatic N) is 3. The third-order valence-corrected chi connectivity index (χ3v) is 5.70. The summed E-state index contributed by atoms with van der Waals surface area (Å²) in [4.78, 5) is 19.5. The van der Waals surface area contributed by atoms with Gasteiger partial charge in [0.15, 0.2) is 10.8 Å². The van der Waals surface area contributed by atoms with Crippen molar-refractivity contribution in [2.45, 2.75) is 20.4 Å². The Labute approximate surface area is 165 Å². The maximum absolute atomic E-state index is 13.1. The maximum atomic E-state index is 13.1. The van der Waals surface area contributed by atoms with Crippen LogP contribution in [-0.2, 0) is 6.54 Å². The molecule has 0 saturated heterocycles. The van der Waals surface area contributed by atoms with Crippen molar-refractivity contribution in [3.05, 3.63) is 76.1 Å². The standard InChI is InChI=1S/C20H16ClN3O2S/c1-12-10-16(23-26-12)19(25)24(11-14-6-4-3-5-7-14)20-22-18-13(2)15(21)8-9-17(18)27-20/h3-10H,11H2,1-2H3. The van der Waals surface area contributed by atoms with Crippen LogP contribution in [0.15, 0.2) is 53.1 Å². The van der Waals surface area contributed by atoms with Crippen molar-refractivity contribution in [2.75, 3.05) is 4.90 Å². The summed E-state index contributed by atoms with van der Waals surface area (Å²) in [5, 5.41) is 5.14. The fourth-order valence-electron chi connectivity index (χ4n) is 2.80. The van der Waals surface area contributed by atoms with Gasteiger partial charge in [-0.25, -0.2) is 4.98 Å². The summed E-state index contributed by atoms with van der Waals surface area (Å²) in [5.41, 5.74) is 2.98. The largest absolute Gasteiger partial charge is 0.361 e. The van der Waals surface area contributed by atoms with Crippen LogP contribution in [-0.4, -0.2) is 16.0 Å². The molecule has 0 spiro atoms. The minimum absolute atomic E-state index is 0.251. The van der Waals surface area contributed by atoms with E-state index < -0.39 is 0 Å². The number of aryl methyl sites for hydroxylation is 2. The molecule has 5 nitrogen and oxygen atoms in total. The molecule has 136 valence electrons. The molecule has 0 aliphatic carbocycles. The van der Waals surface area contributed by atoms with E-state index >= 15 is 0 Å². The summed E-state index contributed by atoms with van der Waals surface area (Å²) in [6, 6.07) is 15.2. The quantitative estimate of drug-likeness (QED) is 0.462. The molecule has 2 heterocycles. The average molecular weight is 398 g/mol. The Morgan fingerprint density at radius 1 is 1.19 bits per heavy atom. The number of benzene rings is 2. The Morgan fingerprint density at radius 3 is 2.67 bits per heavy atom. The van der Waals surface area contributed by atoms with Gasteiger partial charge in [0.1, 0.15) is 5.76 Å². The molecule has 0 aliphatic heterocycles. The number of halogens is 1. The molecule has 0 fully saturated rings. The molecule has 0 aliphatic rings. The lowest BCUT2D eigenvalue weighted by Gasteiger charge is -2.18. The second kappa shape index (κ2) is 7.13. The molecular formula is C20H16ClN3O2S. The number of hydrogen-bond acceptors (Lipinski definition) is 5.